The van der Waals surface area contributed by atoms with Crippen LogP contribution in [0.3, 0.4) is 0 Å². The van der Waals surface area contributed by atoms with Crippen molar-refractivity contribution in [2.75, 3.05) is 6.61 Å². The Labute approximate surface area is 94.1 Å². The van der Waals surface area contributed by atoms with Crippen molar-refractivity contribution >= 4 is 39.6 Å². The molecule has 0 fully saturated rings. The zero-order valence-electron chi connectivity index (χ0n) is 7.49. The predicted molar refractivity (Wildman–Crippen MR) is 59.8 cm³/mol. The molecule has 0 atom stereocenters. The molecule has 1 N–H and O–H groups in total. The Morgan fingerprint density at radius 1 is 1.79 bits per heavy atom. The van der Waals surface area contributed by atoms with Gasteiger partial charge in [-0.15, -0.1) is 0 Å². The van der Waals surface area contributed by atoms with Gasteiger partial charge in [0.1, 0.15) is 0 Å². The SMILES string of the molecule is CCOC(=O)NN=Cc1cscc1Br. The van der Waals surface area contributed by atoms with Gasteiger partial charge in [0.25, 0.3) is 0 Å². The Kier molecular flexibility index (Phi) is 4.61. The molecule has 0 aliphatic carbocycles. The summed E-state index contributed by atoms with van der Waals surface area (Å²) >= 11 is 4.89. The normalized spacial score (nSPS) is 10.4. The van der Waals surface area contributed by atoms with Crippen LogP contribution in [-0.4, -0.2) is 18.9 Å². The molecule has 0 saturated heterocycles. The van der Waals surface area contributed by atoms with Crippen molar-refractivity contribution in [3.05, 3.63) is 20.8 Å². The number of nitrogens with zero attached hydrogens (tertiary/aromatic N) is 1. The lowest BCUT2D eigenvalue weighted by atomic mass is 10.4. The molecule has 4 nitrogen and oxygen atoms in total. The van der Waals surface area contributed by atoms with Gasteiger partial charge < -0.3 is 4.74 Å². The standard InChI is InChI=1S/C8H9BrN2O2S/c1-2-13-8(12)11-10-3-6-4-14-5-7(6)9/h3-5H,2H2,1H3,(H,11,12). The molecule has 6 heteroatoms. The lowest BCUT2D eigenvalue weighted by Crippen LogP contribution is -2.18. The topological polar surface area (TPSA) is 50.7 Å². The second-order valence-electron chi connectivity index (χ2n) is 2.27. The summed E-state index contributed by atoms with van der Waals surface area (Å²) in [6, 6.07) is 0. The van der Waals surface area contributed by atoms with E-state index in [9.17, 15) is 4.79 Å². The summed E-state index contributed by atoms with van der Waals surface area (Å²) in [6.45, 7) is 2.07. The van der Waals surface area contributed by atoms with Crippen molar-refractivity contribution < 1.29 is 9.53 Å². The van der Waals surface area contributed by atoms with Crippen LogP contribution in [0.15, 0.2) is 20.3 Å². The van der Waals surface area contributed by atoms with Crippen LogP contribution in [0.5, 0.6) is 0 Å². The van der Waals surface area contributed by atoms with Crippen molar-refractivity contribution in [2.45, 2.75) is 6.92 Å². The van der Waals surface area contributed by atoms with Gasteiger partial charge in [-0.2, -0.15) is 16.4 Å². The van der Waals surface area contributed by atoms with E-state index in [2.05, 4.69) is 31.2 Å². The Bertz CT molecular complexity index is 338. The number of hydrogen-bond acceptors (Lipinski definition) is 4. The van der Waals surface area contributed by atoms with Crippen LogP contribution >= 0.6 is 27.3 Å². The monoisotopic (exact) mass is 276 g/mol. The highest BCUT2D eigenvalue weighted by molar-refractivity contribution is 9.10. The number of halogens is 1. The van der Waals surface area contributed by atoms with Gasteiger partial charge in [0, 0.05) is 20.8 Å². The summed E-state index contributed by atoms with van der Waals surface area (Å²) in [5.41, 5.74) is 3.16. The second kappa shape index (κ2) is 5.77. The van der Waals surface area contributed by atoms with Crippen LogP contribution in [0.1, 0.15) is 12.5 Å². The quantitative estimate of drug-likeness (QED) is 0.682. The van der Waals surface area contributed by atoms with E-state index in [1.165, 1.54) is 0 Å². The molecule has 0 aliphatic heterocycles. The zero-order valence-corrected chi connectivity index (χ0v) is 9.89. The summed E-state index contributed by atoms with van der Waals surface area (Å²) in [6.07, 6.45) is 1.01. The molecule has 0 saturated carbocycles. The fraction of sp³-hybridized carbons (Fsp3) is 0.250. The maximum atomic E-state index is 10.8. The Balaban J connectivity index is 2.42. The molecule has 0 aromatic carbocycles. The molecule has 1 aromatic rings. The summed E-state index contributed by atoms with van der Waals surface area (Å²) in [5.74, 6) is 0. The van der Waals surface area contributed by atoms with Gasteiger partial charge in [0.15, 0.2) is 0 Å². The highest BCUT2D eigenvalue weighted by Gasteiger charge is 1.98. The van der Waals surface area contributed by atoms with Crippen molar-refractivity contribution in [2.24, 2.45) is 5.10 Å². The summed E-state index contributed by atoms with van der Waals surface area (Å²) in [4.78, 5) is 10.8. The van der Waals surface area contributed by atoms with Crippen LogP contribution in [0.25, 0.3) is 0 Å². The smallest absolute Gasteiger partial charge is 0.427 e. The molecule has 1 heterocycles. The first-order valence-corrected chi connectivity index (χ1v) is 5.65. The maximum absolute atomic E-state index is 10.8. The molecule has 76 valence electrons. The number of hydrogen-bond donors (Lipinski definition) is 1. The van der Waals surface area contributed by atoms with Gasteiger partial charge in [-0.1, -0.05) is 0 Å². The molecule has 0 unspecified atom stereocenters. The van der Waals surface area contributed by atoms with Crippen LogP contribution in [0.4, 0.5) is 4.79 Å². The molecule has 1 aromatic heterocycles. The highest BCUT2D eigenvalue weighted by Crippen LogP contribution is 2.18. The average molecular weight is 277 g/mol. The van der Waals surface area contributed by atoms with Crippen molar-refractivity contribution in [1.82, 2.24) is 5.43 Å². The third-order valence-corrected chi connectivity index (χ3v) is 3.03. The van der Waals surface area contributed by atoms with Gasteiger partial charge in [-0.3, -0.25) is 0 Å². The number of ether oxygens (including phenoxy) is 1. The number of rotatable bonds is 3. The van der Waals surface area contributed by atoms with E-state index in [1.807, 2.05) is 10.8 Å². The Morgan fingerprint density at radius 3 is 3.14 bits per heavy atom. The van der Waals surface area contributed by atoms with E-state index in [-0.39, 0.29) is 0 Å². The van der Waals surface area contributed by atoms with Gasteiger partial charge in [0.2, 0.25) is 0 Å². The lowest BCUT2D eigenvalue weighted by Gasteiger charge is -1.97. The Morgan fingerprint density at radius 2 is 2.57 bits per heavy atom. The molecule has 1 rings (SSSR count). The molecular formula is C8H9BrN2O2S. The van der Waals surface area contributed by atoms with E-state index in [0.717, 1.165) is 10.0 Å². The summed E-state index contributed by atoms with van der Waals surface area (Å²) in [5, 5.41) is 7.57. The first kappa shape index (κ1) is 11.2. The predicted octanol–water partition coefficient (Wildman–Crippen LogP) is 2.59. The fourth-order valence-electron chi connectivity index (χ4n) is 0.701. The van der Waals surface area contributed by atoms with E-state index in [4.69, 9.17) is 0 Å². The van der Waals surface area contributed by atoms with Crippen LogP contribution in [0, 0.1) is 0 Å². The molecule has 14 heavy (non-hydrogen) atoms. The minimum atomic E-state index is -0.546. The van der Waals surface area contributed by atoms with Gasteiger partial charge >= 0.3 is 6.09 Å². The first-order chi connectivity index (χ1) is 6.74. The molecule has 0 spiro atoms. The lowest BCUT2D eigenvalue weighted by molar-refractivity contribution is 0.152. The van der Waals surface area contributed by atoms with E-state index in [0.29, 0.717) is 6.61 Å². The third kappa shape index (κ3) is 3.47. The van der Waals surface area contributed by atoms with Gasteiger partial charge in [-0.05, 0) is 22.9 Å². The number of carbonyl (C=O) groups is 1. The van der Waals surface area contributed by atoms with Crippen LogP contribution in [-0.2, 0) is 4.74 Å². The summed E-state index contributed by atoms with van der Waals surface area (Å²) in [7, 11) is 0. The minimum Gasteiger partial charge on any atom is -0.449 e. The number of carbonyl (C=O) groups excluding carboxylic acids is 1. The highest BCUT2D eigenvalue weighted by atomic mass is 79.9. The van der Waals surface area contributed by atoms with Crippen molar-refractivity contribution in [3.8, 4) is 0 Å². The van der Waals surface area contributed by atoms with Gasteiger partial charge in [0.05, 0.1) is 12.8 Å². The third-order valence-electron chi connectivity index (χ3n) is 1.28. The van der Waals surface area contributed by atoms with E-state index >= 15 is 0 Å². The molecule has 0 bridgehead atoms. The number of amides is 1. The molecule has 0 aliphatic rings. The number of nitrogens with one attached hydrogen (secondary N) is 1. The fourth-order valence-corrected chi connectivity index (χ4v) is 2.05. The van der Waals surface area contributed by atoms with E-state index in [1.54, 1.807) is 24.5 Å². The van der Waals surface area contributed by atoms with Crippen molar-refractivity contribution in [3.63, 3.8) is 0 Å². The first-order valence-electron chi connectivity index (χ1n) is 3.91. The second-order valence-corrected chi connectivity index (χ2v) is 3.86. The van der Waals surface area contributed by atoms with Crippen LogP contribution in [0.2, 0.25) is 0 Å². The largest absolute Gasteiger partial charge is 0.449 e. The molecule has 1 amide bonds. The average Bonchev–Trinajstić information content (AvgIpc) is 2.52. The zero-order chi connectivity index (χ0) is 10.4. The molecule has 0 radical (unpaired) electrons. The molecular weight excluding hydrogens is 268 g/mol. The number of hydrazone groups is 1. The number of thiophene rings is 1. The maximum Gasteiger partial charge on any atom is 0.427 e. The van der Waals surface area contributed by atoms with Crippen molar-refractivity contribution in [1.29, 1.82) is 0 Å². The van der Waals surface area contributed by atoms with E-state index < -0.39 is 6.09 Å². The minimum absolute atomic E-state index is 0.337. The summed E-state index contributed by atoms with van der Waals surface area (Å²) < 4.78 is 5.57. The van der Waals surface area contributed by atoms with Gasteiger partial charge in [-0.25, -0.2) is 10.2 Å². The van der Waals surface area contributed by atoms with Crippen LogP contribution < -0.4 is 5.43 Å². The Hall–Kier alpha value is -0.880.